The Balaban J connectivity index is 1.90. The molecule has 21 heavy (non-hydrogen) atoms. The number of fused-ring (bicyclic) bond motifs is 1. The molecule has 1 aliphatic heterocycles. The van der Waals surface area contributed by atoms with Gasteiger partial charge in [0, 0.05) is 17.1 Å². The lowest BCUT2D eigenvalue weighted by Crippen LogP contribution is -2.43. The van der Waals surface area contributed by atoms with Crippen molar-refractivity contribution in [2.45, 2.75) is 57.2 Å². The minimum atomic E-state index is -0.682. The van der Waals surface area contributed by atoms with E-state index in [1.807, 2.05) is 24.3 Å². The van der Waals surface area contributed by atoms with Crippen molar-refractivity contribution in [2.75, 3.05) is 0 Å². The summed E-state index contributed by atoms with van der Waals surface area (Å²) in [4.78, 5) is 13.9. The maximum atomic E-state index is 11.7. The smallest absolute Gasteiger partial charge is 0.320 e. The molecule has 4 atom stereocenters. The molecule has 114 valence electrons. The van der Waals surface area contributed by atoms with E-state index in [4.69, 9.17) is 11.6 Å². The number of carbonyl (C=O) groups is 1. The maximum absolute atomic E-state index is 11.7. The zero-order valence-electron chi connectivity index (χ0n) is 12.3. The Bertz CT molecular complexity index is 533. The molecule has 1 saturated carbocycles. The van der Waals surface area contributed by atoms with Crippen molar-refractivity contribution in [3.63, 3.8) is 0 Å². The van der Waals surface area contributed by atoms with Crippen LogP contribution < -0.4 is 0 Å². The SMILES string of the molecule is CC(c1cccc(Cl)c1)N1C(C(=O)O)CC2CCCCC21. The topological polar surface area (TPSA) is 40.5 Å². The summed E-state index contributed by atoms with van der Waals surface area (Å²) >= 11 is 6.10. The quantitative estimate of drug-likeness (QED) is 0.913. The summed E-state index contributed by atoms with van der Waals surface area (Å²) in [7, 11) is 0. The number of nitrogens with zero attached hydrogens (tertiary/aromatic N) is 1. The molecule has 1 heterocycles. The Morgan fingerprint density at radius 3 is 2.86 bits per heavy atom. The number of benzene rings is 1. The van der Waals surface area contributed by atoms with Crippen LogP contribution in [0, 0.1) is 5.92 Å². The second-order valence-electron chi connectivity index (χ2n) is 6.38. The molecule has 4 unspecified atom stereocenters. The van der Waals surface area contributed by atoms with Crippen LogP contribution in [0.25, 0.3) is 0 Å². The van der Waals surface area contributed by atoms with Gasteiger partial charge >= 0.3 is 5.97 Å². The monoisotopic (exact) mass is 307 g/mol. The van der Waals surface area contributed by atoms with Crippen LogP contribution in [0.5, 0.6) is 0 Å². The van der Waals surface area contributed by atoms with E-state index in [1.165, 1.54) is 19.3 Å². The normalized spacial score (nSPS) is 30.9. The molecule has 1 aliphatic carbocycles. The third-order valence-electron chi connectivity index (χ3n) is 5.20. The van der Waals surface area contributed by atoms with Crippen LogP contribution in [0.2, 0.25) is 5.02 Å². The van der Waals surface area contributed by atoms with Gasteiger partial charge in [0.05, 0.1) is 0 Å². The van der Waals surface area contributed by atoms with Gasteiger partial charge in [-0.05, 0) is 49.8 Å². The first-order valence-corrected chi connectivity index (χ1v) is 8.21. The van der Waals surface area contributed by atoms with Gasteiger partial charge in [0.1, 0.15) is 6.04 Å². The highest BCUT2D eigenvalue weighted by molar-refractivity contribution is 6.30. The van der Waals surface area contributed by atoms with E-state index in [-0.39, 0.29) is 12.1 Å². The van der Waals surface area contributed by atoms with E-state index in [0.29, 0.717) is 17.0 Å². The van der Waals surface area contributed by atoms with Crippen molar-refractivity contribution in [3.8, 4) is 0 Å². The van der Waals surface area contributed by atoms with Crippen LogP contribution in [-0.2, 0) is 4.79 Å². The van der Waals surface area contributed by atoms with Gasteiger partial charge in [-0.25, -0.2) is 0 Å². The molecule has 1 aromatic carbocycles. The maximum Gasteiger partial charge on any atom is 0.320 e. The molecular formula is C17H22ClNO2. The number of rotatable bonds is 3. The third-order valence-corrected chi connectivity index (χ3v) is 5.44. The highest BCUT2D eigenvalue weighted by Crippen LogP contribution is 2.44. The lowest BCUT2D eigenvalue weighted by molar-refractivity contribution is -0.143. The van der Waals surface area contributed by atoms with E-state index >= 15 is 0 Å². The summed E-state index contributed by atoms with van der Waals surface area (Å²) in [6.07, 6.45) is 5.55. The first-order valence-electron chi connectivity index (χ1n) is 7.83. The lowest BCUT2D eigenvalue weighted by Gasteiger charge is -2.37. The highest BCUT2D eigenvalue weighted by atomic mass is 35.5. The average Bonchev–Trinajstić information content (AvgIpc) is 2.86. The van der Waals surface area contributed by atoms with Crippen LogP contribution in [-0.4, -0.2) is 28.1 Å². The summed E-state index contributed by atoms with van der Waals surface area (Å²) in [6.45, 7) is 2.11. The Morgan fingerprint density at radius 1 is 1.38 bits per heavy atom. The van der Waals surface area contributed by atoms with Crippen molar-refractivity contribution >= 4 is 17.6 Å². The number of aliphatic carboxylic acids is 1. The Hall–Kier alpha value is -1.06. The van der Waals surface area contributed by atoms with Gasteiger partial charge in [-0.2, -0.15) is 0 Å². The second-order valence-corrected chi connectivity index (χ2v) is 6.82. The molecule has 0 bridgehead atoms. The number of carboxylic acid groups (broad SMARTS) is 1. The Labute approximate surface area is 130 Å². The molecule has 0 aromatic heterocycles. The summed E-state index contributed by atoms with van der Waals surface area (Å²) in [5.74, 6) is -0.139. The molecule has 0 spiro atoms. The first kappa shape index (κ1) is 14.9. The number of hydrogen-bond donors (Lipinski definition) is 1. The second kappa shape index (κ2) is 5.98. The summed E-state index contributed by atoms with van der Waals surface area (Å²) in [5, 5.41) is 10.3. The molecule has 1 saturated heterocycles. The zero-order chi connectivity index (χ0) is 15.0. The van der Waals surface area contributed by atoms with Crippen LogP contribution in [0.1, 0.15) is 50.6 Å². The molecule has 4 heteroatoms. The van der Waals surface area contributed by atoms with Gasteiger partial charge in [-0.15, -0.1) is 0 Å². The fraction of sp³-hybridized carbons (Fsp3) is 0.588. The van der Waals surface area contributed by atoms with Gasteiger partial charge < -0.3 is 5.11 Å². The van der Waals surface area contributed by atoms with Crippen molar-refractivity contribution in [2.24, 2.45) is 5.92 Å². The van der Waals surface area contributed by atoms with E-state index < -0.39 is 5.97 Å². The predicted octanol–water partition coefficient (Wildman–Crippen LogP) is 4.12. The number of hydrogen-bond acceptors (Lipinski definition) is 2. The minimum Gasteiger partial charge on any atom is -0.480 e. The first-order chi connectivity index (χ1) is 10.1. The molecule has 1 aromatic rings. The van der Waals surface area contributed by atoms with Crippen LogP contribution in [0.15, 0.2) is 24.3 Å². The average molecular weight is 308 g/mol. The fourth-order valence-corrected chi connectivity index (χ4v) is 4.42. The standard InChI is InChI=1S/C17H22ClNO2/c1-11(12-6-4-7-14(18)9-12)19-15-8-3-2-5-13(15)10-16(19)17(20)21/h4,6-7,9,11,13,15-16H,2-3,5,8,10H2,1H3,(H,20,21). The van der Waals surface area contributed by atoms with Crippen molar-refractivity contribution < 1.29 is 9.90 Å². The largest absolute Gasteiger partial charge is 0.480 e. The van der Waals surface area contributed by atoms with Crippen LogP contribution in [0.4, 0.5) is 0 Å². The molecule has 0 amide bonds. The predicted molar refractivity (Wildman–Crippen MR) is 83.5 cm³/mol. The van der Waals surface area contributed by atoms with Crippen LogP contribution in [0.3, 0.4) is 0 Å². The lowest BCUT2D eigenvalue weighted by atomic mass is 9.84. The summed E-state index contributed by atoms with van der Waals surface area (Å²) in [6, 6.07) is 7.96. The molecular weight excluding hydrogens is 286 g/mol. The molecule has 1 N–H and O–H groups in total. The molecule has 2 fully saturated rings. The summed E-state index contributed by atoms with van der Waals surface area (Å²) < 4.78 is 0. The van der Waals surface area contributed by atoms with Gasteiger partial charge in [0.15, 0.2) is 0 Å². The van der Waals surface area contributed by atoms with E-state index in [0.717, 1.165) is 18.4 Å². The van der Waals surface area contributed by atoms with Crippen molar-refractivity contribution in [1.29, 1.82) is 0 Å². The van der Waals surface area contributed by atoms with E-state index in [9.17, 15) is 9.90 Å². The van der Waals surface area contributed by atoms with Crippen LogP contribution >= 0.6 is 11.6 Å². The number of likely N-dealkylation sites (tertiary alicyclic amines) is 1. The molecule has 2 aliphatic rings. The zero-order valence-corrected chi connectivity index (χ0v) is 13.1. The third kappa shape index (κ3) is 2.82. The molecule has 3 rings (SSSR count). The highest BCUT2D eigenvalue weighted by Gasteiger charge is 2.47. The van der Waals surface area contributed by atoms with Gasteiger partial charge in [-0.3, -0.25) is 9.69 Å². The molecule has 0 radical (unpaired) electrons. The Kier molecular flexibility index (Phi) is 4.23. The number of carboxylic acids is 1. The van der Waals surface area contributed by atoms with Gasteiger partial charge in [-0.1, -0.05) is 36.6 Å². The summed E-state index contributed by atoms with van der Waals surface area (Å²) in [5.41, 5.74) is 1.11. The number of halogens is 1. The fourth-order valence-electron chi connectivity index (χ4n) is 4.22. The van der Waals surface area contributed by atoms with Gasteiger partial charge in [0.25, 0.3) is 0 Å². The van der Waals surface area contributed by atoms with Crippen molar-refractivity contribution in [3.05, 3.63) is 34.9 Å². The van der Waals surface area contributed by atoms with Gasteiger partial charge in [0.2, 0.25) is 0 Å². The van der Waals surface area contributed by atoms with E-state index in [1.54, 1.807) is 0 Å². The van der Waals surface area contributed by atoms with E-state index in [2.05, 4.69) is 11.8 Å². The minimum absolute atomic E-state index is 0.0953. The molecule has 3 nitrogen and oxygen atoms in total. The van der Waals surface area contributed by atoms with Crippen molar-refractivity contribution in [1.82, 2.24) is 4.90 Å². The Morgan fingerprint density at radius 2 is 2.14 bits per heavy atom.